The predicted octanol–water partition coefficient (Wildman–Crippen LogP) is 3.30. The zero-order valence-corrected chi connectivity index (χ0v) is 12.5. The number of aliphatic hydroxyl groups excluding tert-OH is 1. The molecule has 1 aliphatic carbocycles. The Morgan fingerprint density at radius 2 is 2.14 bits per heavy atom. The Morgan fingerprint density at radius 3 is 2.86 bits per heavy atom. The van der Waals surface area contributed by atoms with Crippen molar-refractivity contribution in [2.24, 2.45) is 0 Å². The van der Waals surface area contributed by atoms with Crippen LogP contribution in [0.1, 0.15) is 41.4 Å². The van der Waals surface area contributed by atoms with Crippen LogP contribution in [0.5, 0.6) is 0 Å². The lowest BCUT2D eigenvalue weighted by atomic mass is 9.92. The largest absolute Gasteiger partial charge is 0.462 e. The van der Waals surface area contributed by atoms with Crippen LogP contribution in [0.25, 0.3) is 16.5 Å². The highest BCUT2D eigenvalue weighted by molar-refractivity contribution is 5.97. The third kappa shape index (κ3) is 2.85. The smallest absolute Gasteiger partial charge is 0.338 e. The summed E-state index contributed by atoms with van der Waals surface area (Å²) in [5.74, 6) is -0.256. The van der Waals surface area contributed by atoms with Crippen LogP contribution in [0.3, 0.4) is 0 Å². The van der Waals surface area contributed by atoms with Gasteiger partial charge in [0.2, 0.25) is 0 Å². The molecule has 3 rings (SSSR count). The predicted molar refractivity (Wildman–Crippen MR) is 84.4 cm³/mol. The number of H-pyrrole nitrogens is 1. The molecule has 0 saturated heterocycles. The molecule has 112 valence electrons. The van der Waals surface area contributed by atoms with Crippen molar-refractivity contribution in [3.05, 3.63) is 41.6 Å². The Hall–Kier alpha value is -2.07. The fourth-order valence-electron chi connectivity index (χ4n) is 2.75. The number of rotatable bonds is 2. The van der Waals surface area contributed by atoms with E-state index in [1.54, 1.807) is 0 Å². The second kappa shape index (κ2) is 6.59. The molecule has 0 amide bonds. The maximum absolute atomic E-state index is 11.8. The van der Waals surface area contributed by atoms with Gasteiger partial charge >= 0.3 is 5.97 Å². The molecular formula is C17H21NO3. The maximum Gasteiger partial charge on any atom is 0.338 e. The summed E-state index contributed by atoms with van der Waals surface area (Å²) >= 11 is 0. The highest BCUT2D eigenvalue weighted by atomic mass is 16.5. The number of aryl methyl sites for hydroxylation is 1. The van der Waals surface area contributed by atoms with Crippen LogP contribution in [-0.4, -0.2) is 29.8 Å². The first kappa shape index (κ1) is 15.3. The Bertz CT molecular complexity index is 670. The van der Waals surface area contributed by atoms with Crippen LogP contribution >= 0.6 is 0 Å². The number of carbonyl (C=O) groups is 1. The fraction of sp³-hybridized carbons (Fsp3) is 0.353. The van der Waals surface area contributed by atoms with Crippen LogP contribution in [0.15, 0.2) is 24.8 Å². The summed E-state index contributed by atoms with van der Waals surface area (Å²) < 4.78 is 5.05. The molecule has 0 spiro atoms. The number of aromatic nitrogens is 1. The number of aliphatic hydroxyl groups is 1. The second-order valence-electron chi connectivity index (χ2n) is 4.92. The Balaban J connectivity index is 0.000000774. The molecular weight excluding hydrogens is 266 g/mol. The van der Waals surface area contributed by atoms with E-state index in [2.05, 4.69) is 11.6 Å². The van der Waals surface area contributed by atoms with Gasteiger partial charge in [0.15, 0.2) is 0 Å². The SMILES string of the molecule is C=C1CCCc2c1[nH]c1ccc(C(=O)OCC)cc21.CO. The molecule has 0 bridgehead atoms. The normalized spacial score (nSPS) is 13.4. The summed E-state index contributed by atoms with van der Waals surface area (Å²) in [7, 11) is 1.00. The lowest BCUT2D eigenvalue weighted by molar-refractivity contribution is 0.0526. The Labute approximate surface area is 124 Å². The molecule has 0 unspecified atom stereocenters. The zero-order valence-electron chi connectivity index (χ0n) is 12.5. The van der Waals surface area contributed by atoms with Crippen LogP contribution in [0.4, 0.5) is 0 Å². The van der Waals surface area contributed by atoms with Crippen molar-refractivity contribution in [1.29, 1.82) is 0 Å². The zero-order chi connectivity index (χ0) is 15.4. The van der Waals surface area contributed by atoms with Crippen LogP contribution < -0.4 is 0 Å². The van der Waals surface area contributed by atoms with Gasteiger partial charge in [-0.2, -0.15) is 0 Å². The van der Waals surface area contributed by atoms with E-state index >= 15 is 0 Å². The van der Waals surface area contributed by atoms with Crippen molar-refractivity contribution in [3.8, 4) is 0 Å². The molecule has 21 heavy (non-hydrogen) atoms. The van der Waals surface area contributed by atoms with Gasteiger partial charge in [0.05, 0.1) is 12.2 Å². The molecule has 0 aliphatic heterocycles. The number of allylic oxidation sites excluding steroid dienone is 1. The first-order chi connectivity index (χ1) is 10.2. The second-order valence-corrected chi connectivity index (χ2v) is 4.92. The van der Waals surface area contributed by atoms with E-state index in [1.807, 2.05) is 25.1 Å². The average Bonchev–Trinajstić information content (AvgIpc) is 2.89. The van der Waals surface area contributed by atoms with Gasteiger partial charge in [-0.3, -0.25) is 0 Å². The fourth-order valence-corrected chi connectivity index (χ4v) is 2.75. The number of fused-ring (bicyclic) bond motifs is 3. The Morgan fingerprint density at radius 1 is 1.38 bits per heavy atom. The van der Waals surface area contributed by atoms with E-state index in [0.29, 0.717) is 12.2 Å². The first-order valence-electron chi connectivity index (χ1n) is 7.15. The standard InChI is InChI=1S/C16H17NO2.CH4O/c1-3-19-16(18)11-7-8-14-13(9-11)12-6-4-5-10(2)15(12)17-14;1-2/h7-9,17H,2-6H2,1H3;2H,1H3. The quantitative estimate of drug-likeness (QED) is 0.833. The third-order valence-corrected chi connectivity index (χ3v) is 3.68. The van der Waals surface area contributed by atoms with Crippen molar-refractivity contribution < 1.29 is 14.6 Å². The lowest BCUT2D eigenvalue weighted by Gasteiger charge is -2.13. The minimum atomic E-state index is -0.256. The molecule has 0 fully saturated rings. The van der Waals surface area contributed by atoms with Crippen LogP contribution in [0, 0.1) is 0 Å². The van der Waals surface area contributed by atoms with E-state index in [0.717, 1.165) is 48.5 Å². The molecule has 0 saturated carbocycles. The van der Waals surface area contributed by atoms with Gasteiger partial charge in [-0.25, -0.2) is 4.79 Å². The van der Waals surface area contributed by atoms with Crippen molar-refractivity contribution in [2.75, 3.05) is 13.7 Å². The minimum absolute atomic E-state index is 0.256. The number of nitrogens with one attached hydrogen (secondary N) is 1. The van der Waals surface area contributed by atoms with Gasteiger partial charge in [-0.05, 0) is 55.5 Å². The van der Waals surface area contributed by atoms with Crippen molar-refractivity contribution in [3.63, 3.8) is 0 Å². The third-order valence-electron chi connectivity index (χ3n) is 3.68. The molecule has 1 aromatic carbocycles. The number of hydrogen-bond donors (Lipinski definition) is 2. The summed E-state index contributed by atoms with van der Waals surface area (Å²) in [5.41, 5.74) is 5.29. The van der Waals surface area contributed by atoms with Gasteiger partial charge in [-0.15, -0.1) is 0 Å². The first-order valence-corrected chi connectivity index (χ1v) is 7.15. The van der Waals surface area contributed by atoms with E-state index < -0.39 is 0 Å². The average molecular weight is 287 g/mol. The van der Waals surface area contributed by atoms with Crippen LogP contribution in [0.2, 0.25) is 0 Å². The molecule has 1 aliphatic rings. The highest BCUT2D eigenvalue weighted by Gasteiger charge is 2.19. The van der Waals surface area contributed by atoms with Crippen molar-refractivity contribution in [1.82, 2.24) is 4.98 Å². The van der Waals surface area contributed by atoms with E-state index in [1.165, 1.54) is 5.56 Å². The number of benzene rings is 1. The van der Waals surface area contributed by atoms with Gasteiger partial charge in [-0.1, -0.05) is 6.58 Å². The molecule has 2 N–H and O–H groups in total. The molecule has 1 aromatic heterocycles. The molecule has 0 radical (unpaired) electrons. The highest BCUT2D eigenvalue weighted by Crippen LogP contribution is 2.34. The number of hydrogen-bond acceptors (Lipinski definition) is 3. The van der Waals surface area contributed by atoms with Gasteiger partial charge in [0.1, 0.15) is 0 Å². The summed E-state index contributed by atoms with van der Waals surface area (Å²) in [6.45, 7) is 6.33. The molecule has 0 atom stereocenters. The lowest BCUT2D eigenvalue weighted by Crippen LogP contribution is -2.04. The maximum atomic E-state index is 11.8. The number of ether oxygens (including phenoxy) is 1. The summed E-state index contributed by atoms with van der Waals surface area (Å²) in [4.78, 5) is 15.2. The van der Waals surface area contributed by atoms with Crippen molar-refractivity contribution >= 4 is 22.4 Å². The topological polar surface area (TPSA) is 62.3 Å². The number of esters is 1. The monoisotopic (exact) mass is 287 g/mol. The summed E-state index contributed by atoms with van der Waals surface area (Å²) in [5, 5.41) is 8.13. The molecule has 4 heteroatoms. The summed E-state index contributed by atoms with van der Waals surface area (Å²) in [6, 6.07) is 5.69. The van der Waals surface area contributed by atoms with Gasteiger partial charge in [0, 0.05) is 23.7 Å². The summed E-state index contributed by atoms with van der Waals surface area (Å²) in [6.07, 6.45) is 3.22. The molecule has 2 aromatic rings. The van der Waals surface area contributed by atoms with Crippen molar-refractivity contribution in [2.45, 2.75) is 26.2 Å². The van der Waals surface area contributed by atoms with E-state index in [4.69, 9.17) is 9.84 Å². The Kier molecular flexibility index (Phi) is 4.81. The number of aromatic amines is 1. The molecule has 4 nitrogen and oxygen atoms in total. The minimum Gasteiger partial charge on any atom is -0.462 e. The van der Waals surface area contributed by atoms with Gasteiger partial charge < -0.3 is 14.8 Å². The van der Waals surface area contributed by atoms with E-state index in [-0.39, 0.29) is 5.97 Å². The van der Waals surface area contributed by atoms with Gasteiger partial charge in [0.25, 0.3) is 0 Å². The van der Waals surface area contributed by atoms with Crippen LogP contribution in [-0.2, 0) is 11.2 Å². The molecule has 1 heterocycles. The van der Waals surface area contributed by atoms with E-state index in [9.17, 15) is 4.79 Å². The number of carbonyl (C=O) groups excluding carboxylic acids is 1.